The van der Waals surface area contributed by atoms with Gasteiger partial charge in [-0.25, -0.2) is 4.39 Å². The summed E-state index contributed by atoms with van der Waals surface area (Å²) in [7, 11) is 0. The van der Waals surface area contributed by atoms with Crippen LogP contribution >= 0.6 is 34.5 Å². The average molecular weight is 311 g/mol. The lowest BCUT2D eigenvalue weighted by molar-refractivity contribution is 0.639. The molecule has 96 valence electrons. The van der Waals surface area contributed by atoms with Gasteiger partial charge in [0.1, 0.15) is 5.82 Å². The lowest BCUT2D eigenvalue weighted by atomic mass is 10.0. The Hall–Kier alpha value is -1.09. The zero-order valence-electron chi connectivity index (χ0n) is 9.74. The van der Waals surface area contributed by atoms with E-state index in [2.05, 4.69) is 0 Å². The first-order valence-corrected chi connectivity index (χ1v) is 7.36. The molecule has 0 nitrogen and oxygen atoms in total. The lowest BCUT2D eigenvalue weighted by Gasteiger charge is -2.12. The number of rotatable bonds is 2. The molecule has 0 aliphatic rings. The van der Waals surface area contributed by atoms with E-state index in [4.69, 9.17) is 23.2 Å². The maximum atomic E-state index is 13.8. The number of fused-ring (bicyclic) bond motifs is 1. The summed E-state index contributed by atoms with van der Waals surface area (Å²) < 4.78 is 14.5. The number of hydrogen-bond acceptors (Lipinski definition) is 1. The van der Waals surface area contributed by atoms with Crippen molar-refractivity contribution in [2.75, 3.05) is 0 Å². The van der Waals surface area contributed by atoms with E-state index in [9.17, 15) is 4.39 Å². The quantitative estimate of drug-likeness (QED) is 0.507. The van der Waals surface area contributed by atoms with Crippen LogP contribution < -0.4 is 0 Å². The Labute approximate surface area is 124 Å². The highest BCUT2D eigenvalue weighted by molar-refractivity contribution is 7.16. The summed E-state index contributed by atoms with van der Waals surface area (Å²) in [4.78, 5) is 0.962. The Bertz CT molecular complexity index is 736. The molecule has 0 N–H and O–H groups in total. The molecule has 0 amide bonds. The average Bonchev–Trinajstić information content (AvgIpc) is 2.86. The fraction of sp³-hybridized carbons (Fsp3) is 0.0667. The molecule has 1 heterocycles. The highest BCUT2D eigenvalue weighted by Crippen LogP contribution is 2.38. The van der Waals surface area contributed by atoms with Crippen LogP contribution in [0.15, 0.2) is 48.5 Å². The normalized spacial score (nSPS) is 12.8. The minimum atomic E-state index is -0.317. The molecular formula is C15H9Cl2FS. The standard InChI is InChI=1S/C15H9Cl2FS/c16-14-8-7-13(19-14)15(17)11-5-6-12(18)10-4-2-1-3-9(10)11/h1-8,15H. The van der Waals surface area contributed by atoms with Gasteiger partial charge in [-0.1, -0.05) is 41.9 Å². The Morgan fingerprint density at radius 1 is 0.947 bits per heavy atom. The summed E-state index contributed by atoms with van der Waals surface area (Å²) in [6.07, 6.45) is 0. The molecule has 1 aromatic heterocycles. The first kappa shape index (κ1) is 12.9. The van der Waals surface area contributed by atoms with Crippen LogP contribution in [-0.2, 0) is 0 Å². The molecule has 1 atom stereocenters. The predicted molar refractivity (Wildman–Crippen MR) is 80.9 cm³/mol. The van der Waals surface area contributed by atoms with Crippen LogP contribution in [0.25, 0.3) is 10.8 Å². The summed E-state index contributed by atoms with van der Waals surface area (Å²) >= 11 is 13.9. The van der Waals surface area contributed by atoms with Gasteiger partial charge in [-0.15, -0.1) is 22.9 Å². The summed E-state index contributed by atoms with van der Waals surface area (Å²) in [5.41, 5.74) is 0.900. The van der Waals surface area contributed by atoms with Crippen LogP contribution in [0, 0.1) is 5.82 Å². The monoisotopic (exact) mass is 310 g/mol. The lowest BCUT2D eigenvalue weighted by Crippen LogP contribution is -1.93. The molecule has 0 saturated carbocycles. The van der Waals surface area contributed by atoms with Crippen molar-refractivity contribution in [3.05, 3.63) is 69.1 Å². The van der Waals surface area contributed by atoms with E-state index in [1.165, 1.54) is 17.4 Å². The number of hydrogen-bond donors (Lipinski definition) is 0. The minimum Gasteiger partial charge on any atom is -0.206 e. The Balaban J connectivity index is 2.18. The summed E-state index contributed by atoms with van der Waals surface area (Å²) in [6, 6.07) is 14.3. The smallest absolute Gasteiger partial charge is 0.131 e. The second-order valence-electron chi connectivity index (χ2n) is 4.19. The third-order valence-electron chi connectivity index (χ3n) is 3.02. The van der Waals surface area contributed by atoms with Crippen LogP contribution in [0.5, 0.6) is 0 Å². The summed E-state index contributed by atoms with van der Waals surface area (Å²) in [6.45, 7) is 0. The van der Waals surface area contributed by atoms with E-state index >= 15 is 0 Å². The SMILES string of the molecule is Fc1ccc(C(Cl)c2ccc(Cl)s2)c2ccccc12. The van der Waals surface area contributed by atoms with Crippen LogP contribution in [0.1, 0.15) is 15.8 Å². The molecule has 3 rings (SSSR count). The summed E-state index contributed by atoms with van der Waals surface area (Å²) in [5.74, 6) is -0.229. The molecular weight excluding hydrogens is 302 g/mol. The van der Waals surface area contributed by atoms with Crippen LogP contribution in [0.3, 0.4) is 0 Å². The molecule has 2 aromatic carbocycles. The molecule has 0 radical (unpaired) electrons. The van der Waals surface area contributed by atoms with Crippen molar-refractivity contribution in [2.45, 2.75) is 5.38 Å². The fourth-order valence-corrected chi connectivity index (χ4v) is 3.58. The van der Waals surface area contributed by atoms with Gasteiger partial charge in [0.2, 0.25) is 0 Å². The molecule has 0 aliphatic heterocycles. The molecule has 1 unspecified atom stereocenters. The second-order valence-corrected chi connectivity index (χ2v) is 6.37. The second kappa shape index (κ2) is 5.12. The van der Waals surface area contributed by atoms with Crippen molar-refractivity contribution in [1.29, 1.82) is 0 Å². The fourth-order valence-electron chi connectivity index (χ4n) is 2.12. The van der Waals surface area contributed by atoms with Gasteiger partial charge in [-0.2, -0.15) is 0 Å². The van der Waals surface area contributed by atoms with Crippen LogP contribution in [0.2, 0.25) is 4.34 Å². The molecule has 19 heavy (non-hydrogen) atoms. The van der Waals surface area contributed by atoms with E-state index < -0.39 is 0 Å². The van der Waals surface area contributed by atoms with E-state index in [0.717, 1.165) is 15.8 Å². The van der Waals surface area contributed by atoms with Gasteiger partial charge in [0.05, 0.1) is 9.71 Å². The highest BCUT2D eigenvalue weighted by Gasteiger charge is 2.17. The van der Waals surface area contributed by atoms with E-state index in [1.807, 2.05) is 30.3 Å². The van der Waals surface area contributed by atoms with Gasteiger partial charge >= 0.3 is 0 Å². The molecule has 0 fully saturated rings. The molecule has 0 bridgehead atoms. The molecule has 0 aliphatic carbocycles. The highest BCUT2D eigenvalue weighted by atomic mass is 35.5. The zero-order chi connectivity index (χ0) is 13.4. The molecule has 0 saturated heterocycles. The Morgan fingerprint density at radius 3 is 2.37 bits per heavy atom. The van der Waals surface area contributed by atoms with Crippen LogP contribution in [0.4, 0.5) is 4.39 Å². The molecule has 3 aromatic rings. The number of benzene rings is 2. The maximum absolute atomic E-state index is 13.8. The van der Waals surface area contributed by atoms with Gasteiger partial charge in [-0.3, -0.25) is 0 Å². The van der Waals surface area contributed by atoms with Crippen molar-refractivity contribution in [1.82, 2.24) is 0 Å². The number of halogens is 3. The third-order valence-corrected chi connectivity index (χ3v) is 4.92. The Kier molecular flexibility index (Phi) is 3.48. The van der Waals surface area contributed by atoms with E-state index in [0.29, 0.717) is 9.72 Å². The summed E-state index contributed by atoms with van der Waals surface area (Å²) in [5, 5.41) is 1.11. The van der Waals surface area contributed by atoms with Gasteiger partial charge in [0, 0.05) is 10.3 Å². The molecule has 4 heteroatoms. The van der Waals surface area contributed by atoms with Crippen molar-refractivity contribution < 1.29 is 4.39 Å². The largest absolute Gasteiger partial charge is 0.206 e. The zero-order valence-corrected chi connectivity index (χ0v) is 12.1. The van der Waals surface area contributed by atoms with Crippen molar-refractivity contribution >= 4 is 45.3 Å². The van der Waals surface area contributed by atoms with E-state index in [-0.39, 0.29) is 11.2 Å². The first-order valence-electron chi connectivity index (χ1n) is 5.73. The van der Waals surface area contributed by atoms with E-state index in [1.54, 1.807) is 12.1 Å². The van der Waals surface area contributed by atoms with Gasteiger partial charge < -0.3 is 0 Å². The van der Waals surface area contributed by atoms with Crippen LogP contribution in [-0.4, -0.2) is 0 Å². The van der Waals surface area contributed by atoms with Crippen molar-refractivity contribution in [3.8, 4) is 0 Å². The van der Waals surface area contributed by atoms with Gasteiger partial charge in [0.25, 0.3) is 0 Å². The maximum Gasteiger partial charge on any atom is 0.131 e. The molecule has 0 spiro atoms. The Morgan fingerprint density at radius 2 is 1.68 bits per heavy atom. The van der Waals surface area contributed by atoms with Gasteiger partial charge in [0.15, 0.2) is 0 Å². The van der Waals surface area contributed by atoms with Crippen molar-refractivity contribution in [3.63, 3.8) is 0 Å². The third kappa shape index (κ3) is 2.36. The number of alkyl halides is 1. The first-order chi connectivity index (χ1) is 9.16. The minimum absolute atomic E-state index is 0.229. The van der Waals surface area contributed by atoms with Crippen molar-refractivity contribution in [2.24, 2.45) is 0 Å². The topological polar surface area (TPSA) is 0 Å². The predicted octanol–water partition coefficient (Wildman–Crippen LogP) is 6.02. The number of thiophene rings is 1. The van der Waals surface area contributed by atoms with Gasteiger partial charge in [-0.05, 0) is 29.1 Å².